The molecule has 76 valence electrons. The molecule has 0 spiro atoms. The van der Waals surface area contributed by atoms with E-state index in [0.29, 0.717) is 17.3 Å². The number of halogens is 1. The number of nitrogens with two attached hydrogens (primary N) is 2. The van der Waals surface area contributed by atoms with E-state index in [0.717, 1.165) is 10.6 Å². The van der Waals surface area contributed by atoms with Gasteiger partial charge in [0.2, 0.25) is 0 Å². The van der Waals surface area contributed by atoms with Gasteiger partial charge in [0.25, 0.3) is 0 Å². The molecule has 0 aliphatic carbocycles. The van der Waals surface area contributed by atoms with Gasteiger partial charge in [-0.3, -0.25) is 0 Å². The third-order valence-corrected chi connectivity index (χ3v) is 2.89. The van der Waals surface area contributed by atoms with Crippen LogP contribution in [0.15, 0.2) is 35.2 Å². The first-order valence-electron chi connectivity index (χ1n) is 4.27. The van der Waals surface area contributed by atoms with Crippen molar-refractivity contribution in [3.8, 4) is 0 Å². The minimum Gasteiger partial charge on any atom is -0.398 e. The predicted octanol–water partition coefficient (Wildman–Crippen LogP) is 2.53. The molecule has 0 bridgehead atoms. The molecule has 0 aromatic heterocycles. The lowest BCUT2D eigenvalue weighted by Crippen LogP contribution is -1.92. The second-order valence-corrected chi connectivity index (χ2v) is 4.20. The van der Waals surface area contributed by atoms with Crippen LogP contribution in [0.4, 0.5) is 5.69 Å². The minimum absolute atomic E-state index is 0.586. The Bertz CT molecular complexity index is 326. The molecule has 0 heterocycles. The molecule has 4 heteroatoms. The van der Waals surface area contributed by atoms with Crippen molar-refractivity contribution in [2.24, 2.45) is 5.73 Å². The molecule has 4 N–H and O–H groups in total. The number of hydrogen-bond donors (Lipinski definition) is 2. The fraction of sp³-hybridized carbons (Fsp3) is 0.200. The summed E-state index contributed by atoms with van der Waals surface area (Å²) in [5, 5.41) is 0.609. The molecule has 0 fully saturated rings. The van der Waals surface area contributed by atoms with Crippen molar-refractivity contribution in [2.75, 3.05) is 18.0 Å². The molecule has 0 atom stereocenters. The normalized spacial score (nSPS) is 11.0. The van der Waals surface area contributed by atoms with E-state index in [2.05, 4.69) is 0 Å². The van der Waals surface area contributed by atoms with Crippen LogP contribution >= 0.6 is 23.4 Å². The Hall–Kier alpha value is -0.640. The van der Waals surface area contributed by atoms with Crippen LogP contribution < -0.4 is 11.5 Å². The first-order chi connectivity index (χ1) is 6.74. The van der Waals surface area contributed by atoms with E-state index in [1.54, 1.807) is 11.8 Å². The highest BCUT2D eigenvalue weighted by molar-refractivity contribution is 7.99. The van der Waals surface area contributed by atoms with Crippen molar-refractivity contribution in [1.82, 2.24) is 0 Å². The summed E-state index contributed by atoms with van der Waals surface area (Å²) in [5.41, 5.74) is 11.5. The number of nitrogen functional groups attached to an aromatic ring is 1. The van der Waals surface area contributed by atoms with E-state index < -0.39 is 0 Å². The standard InChI is InChI=1S/C10H13ClN2S/c11-9-7-8(3-4-10(9)13)14-6-2-1-5-12/h1-4,7H,5-6,12-13H2/b2-1+. The number of benzene rings is 1. The number of hydrogen-bond acceptors (Lipinski definition) is 3. The van der Waals surface area contributed by atoms with Gasteiger partial charge in [-0.2, -0.15) is 0 Å². The van der Waals surface area contributed by atoms with Crippen LogP contribution in [0.3, 0.4) is 0 Å². The van der Waals surface area contributed by atoms with Gasteiger partial charge < -0.3 is 11.5 Å². The van der Waals surface area contributed by atoms with Gasteiger partial charge in [-0.15, -0.1) is 11.8 Å². The second kappa shape index (κ2) is 5.96. The fourth-order valence-electron chi connectivity index (χ4n) is 0.906. The zero-order valence-corrected chi connectivity index (χ0v) is 9.31. The fourth-order valence-corrected chi connectivity index (χ4v) is 1.94. The average molecular weight is 229 g/mol. The Morgan fingerprint density at radius 3 is 2.79 bits per heavy atom. The molecule has 1 aromatic carbocycles. The topological polar surface area (TPSA) is 52.0 Å². The summed E-state index contributed by atoms with van der Waals surface area (Å²) in [6.45, 7) is 0.586. The third kappa shape index (κ3) is 3.62. The Kier molecular flexibility index (Phi) is 4.87. The summed E-state index contributed by atoms with van der Waals surface area (Å²) >= 11 is 7.58. The summed E-state index contributed by atoms with van der Waals surface area (Å²) in [4.78, 5) is 1.12. The van der Waals surface area contributed by atoms with Crippen LogP contribution in [0, 0.1) is 0 Å². The molecular formula is C10H13ClN2S. The van der Waals surface area contributed by atoms with Gasteiger partial charge in [-0.05, 0) is 18.2 Å². The van der Waals surface area contributed by atoms with E-state index in [1.165, 1.54) is 0 Å². The average Bonchev–Trinajstić information content (AvgIpc) is 2.18. The number of rotatable bonds is 4. The van der Waals surface area contributed by atoms with Gasteiger partial charge in [-0.1, -0.05) is 23.8 Å². The maximum Gasteiger partial charge on any atom is 0.0646 e. The largest absolute Gasteiger partial charge is 0.398 e. The summed E-state index contributed by atoms with van der Waals surface area (Å²) in [6, 6.07) is 5.65. The molecule has 14 heavy (non-hydrogen) atoms. The number of anilines is 1. The van der Waals surface area contributed by atoms with E-state index in [4.69, 9.17) is 23.1 Å². The van der Waals surface area contributed by atoms with E-state index in [9.17, 15) is 0 Å². The Morgan fingerprint density at radius 2 is 2.14 bits per heavy atom. The van der Waals surface area contributed by atoms with Gasteiger partial charge in [0.1, 0.15) is 0 Å². The van der Waals surface area contributed by atoms with E-state index in [-0.39, 0.29) is 0 Å². The highest BCUT2D eigenvalue weighted by Gasteiger charge is 1.97. The van der Waals surface area contributed by atoms with Gasteiger partial charge in [0.05, 0.1) is 10.7 Å². The van der Waals surface area contributed by atoms with Crippen LogP contribution in [0.25, 0.3) is 0 Å². The van der Waals surface area contributed by atoms with Crippen LogP contribution in [0.2, 0.25) is 5.02 Å². The molecular weight excluding hydrogens is 216 g/mol. The molecule has 0 aliphatic heterocycles. The molecule has 0 saturated heterocycles. The van der Waals surface area contributed by atoms with Crippen LogP contribution in [-0.4, -0.2) is 12.3 Å². The lowest BCUT2D eigenvalue weighted by molar-refractivity contribution is 1.25. The van der Waals surface area contributed by atoms with Gasteiger partial charge in [0.15, 0.2) is 0 Å². The van der Waals surface area contributed by atoms with Crippen molar-refractivity contribution in [3.05, 3.63) is 35.4 Å². The smallest absolute Gasteiger partial charge is 0.0646 e. The first kappa shape index (κ1) is 11.4. The van der Waals surface area contributed by atoms with Crippen molar-refractivity contribution in [3.63, 3.8) is 0 Å². The van der Waals surface area contributed by atoms with Crippen molar-refractivity contribution < 1.29 is 0 Å². The van der Waals surface area contributed by atoms with E-state index >= 15 is 0 Å². The maximum atomic E-state index is 5.88. The third-order valence-electron chi connectivity index (χ3n) is 1.62. The monoisotopic (exact) mass is 228 g/mol. The highest BCUT2D eigenvalue weighted by atomic mass is 35.5. The van der Waals surface area contributed by atoms with Crippen LogP contribution in [0.1, 0.15) is 0 Å². The van der Waals surface area contributed by atoms with Gasteiger partial charge >= 0.3 is 0 Å². The van der Waals surface area contributed by atoms with Crippen molar-refractivity contribution in [2.45, 2.75) is 4.90 Å². The summed E-state index contributed by atoms with van der Waals surface area (Å²) < 4.78 is 0. The van der Waals surface area contributed by atoms with E-state index in [1.807, 2.05) is 30.4 Å². The van der Waals surface area contributed by atoms with Gasteiger partial charge in [0, 0.05) is 17.2 Å². The summed E-state index contributed by atoms with van der Waals surface area (Å²) in [5.74, 6) is 0.900. The van der Waals surface area contributed by atoms with Crippen LogP contribution in [-0.2, 0) is 0 Å². The summed E-state index contributed by atoms with van der Waals surface area (Å²) in [7, 11) is 0. The Morgan fingerprint density at radius 1 is 1.36 bits per heavy atom. The predicted molar refractivity (Wildman–Crippen MR) is 64.8 cm³/mol. The molecule has 0 radical (unpaired) electrons. The molecule has 0 saturated carbocycles. The first-order valence-corrected chi connectivity index (χ1v) is 5.63. The Balaban J connectivity index is 2.51. The van der Waals surface area contributed by atoms with Crippen molar-refractivity contribution in [1.29, 1.82) is 0 Å². The molecule has 0 aliphatic rings. The molecule has 2 nitrogen and oxygen atoms in total. The molecule has 0 amide bonds. The molecule has 0 unspecified atom stereocenters. The SMILES string of the molecule is NC/C=C/CSc1ccc(N)c(Cl)c1. The second-order valence-electron chi connectivity index (χ2n) is 2.70. The zero-order chi connectivity index (χ0) is 10.4. The molecule has 1 aromatic rings. The summed E-state index contributed by atoms with van der Waals surface area (Å²) in [6.07, 6.45) is 3.97. The lowest BCUT2D eigenvalue weighted by atomic mass is 10.3. The van der Waals surface area contributed by atoms with Crippen LogP contribution in [0.5, 0.6) is 0 Å². The van der Waals surface area contributed by atoms with Crippen molar-refractivity contribution >= 4 is 29.1 Å². The quantitative estimate of drug-likeness (QED) is 0.473. The molecule has 1 rings (SSSR count). The Labute approximate surface area is 93.3 Å². The lowest BCUT2D eigenvalue weighted by Gasteiger charge is -2.01. The zero-order valence-electron chi connectivity index (χ0n) is 7.74. The maximum absolute atomic E-state index is 5.88. The number of thioether (sulfide) groups is 1. The highest BCUT2D eigenvalue weighted by Crippen LogP contribution is 2.26. The minimum atomic E-state index is 0.586. The van der Waals surface area contributed by atoms with Gasteiger partial charge in [-0.25, -0.2) is 0 Å².